The van der Waals surface area contributed by atoms with E-state index in [9.17, 15) is 9.18 Å². The molecular formula is C16H17FN6O2. The Morgan fingerprint density at radius 1 is 1.44 bits per heavy atom. The zero-order valence-corrected chi connectivity index (χ0v) is 13.5. The topological polar surface area (TPSA) is 97.7 Å². The van der Waals surface area contributed by atoms with Crippen molar-refractivity contribution in [2.45, 2.75) is 26.1 Å². The highest BCUT2D eigenvalue weighted by atomic mass is 19.1. The van der Waals surface area contributed by atoms with E-state index in [2.05, 4.69) is 25.6 Å². The van der Waals surface area contributed by atoms with Crippen molar-refractivity contribution in [3.05, 3.63) is 60.2 Å². The average Bonchev–Trinajstić information content (AvgIpc) is 3.24. The summed E-state index contributed by atoms with van der Waals surface area (Å²) in [5.74, 6) is -0.272. The van der Waals surface area contributed by atoms with Gasteiger partial charge in [0.1, 0.15) is 36.5 Å². The van der Waals surface area contributed by atoms with Gasteiger partial charge in [0.25, 0.3) is 5.91 Å². The summed E-state index contributed by atoms with van der Waals surface area (Å²) in [6, 6.07) is 7.29. The third-order valence-corrected chi connectivity index (χ3v) is 3.36. The van der Waals surface area contributed by atoms with Gasteiger partial charge < -0.3 is 10.1 Å². The summed E-state index contributed by atoms with van der Waals surface area (Å²) in [7, 11) is 0. The number of carbonyl (C=O) groups excluding carboxylic acids is 1. The fourth-order valence-electron chi connectivity index (χ4n) is 2.22. The summed E-state index contributed by atoms with van der Waals surface area (Å²) < 4.78 is 20.2. The number of ether oxygens (including phenoxy) is 1. The number of nitrogens with zero attached hydrogens (tertiary/aromatic N) is 4. The Bertz CT molecular complexity index is 833. The molecule has 25 heavy (non-hydrogen) atoms. The predicted octanol–water partition coefficient (Wildman–Crippen LogP) is 1.54. The van der Waals surface area contributed by atoms with Crippen LogP contribution >= 0.6 is 0 Å². The minimum Gasteiger partial charge on any atom is -0.487 e. The van der Waals surface area contributed by atoms with Crippen molar-refractivity contribution in [2.75, 3.05) is 0 Å². The van der Waals surface area contributed by atoms with Gasteiger partial charge in [0, 0.05) is 12.1 Å². The quantitative estimate of drug-likeness (QED) is 0.677. The number of carbonyl (C=O) groups is 1. The van der Waals surface area contributed by atoms with E-state index < -0.39 is 0 Å². The van der Waals surface area contributed by atoms with E-state index in [4.69, 9.17) is 4.74 Å². The molecule has 0 aliphatic heterocycles. The van der Waals surface area contributed by atoms with Crippen molar-refractivity contribution in [3.63, 3.8) is 0 Å². The number of nitrogens with one attached hydrogen (secondary N) is 2. The number of hydrogen-bond donors (Lipinski definition) is 2. The molecule has 0 spiro atoms. The predicted molar refractivity (Wildman–Crippen MR) is 86.3 cm³/mol. The van der Waals surface area contributed by atoms with Gasteiger partial charge in [0.15, 0.2) is 0 Å². The van der Waals surface area contributed by atoms with Gasteiger partial charge in [-0.2, -0.15) is 10.2 Å². The van der Waals surface area contributed by atoms with E-state index in [1.807, 2.05) is 6.92 Å². The molecule has 130 valence electrons. The second kappa shape index (κ2) is 7.56. The summed E-state index contributed by atoms with van der Waals surface area (Å²) >= 11 is 0. The highest BCUT2D eigenvalue weighted by Crippen LogP contribution is 2.13. The van der Waals surface area contributed by atoms with Crippen molar-refractivity contribution >= 4 is 5.91 Å². The first kappa shape index (κ1) is 16.6. The first-order chi connectivity index (χ1) is 12.1. The maximum absolute atomic E-state index is 13.1. The SMILES string of the molecule is CC(Cn1cncn1)NC(=O)c1cc(COc2cccc(F)c2)[nH]n1. The molecule has 9 heteroatoms. The molecule has 0 aliphatic carbocycles. The standard InChI is InChI=1S/C16H17FN6O2/c1-11(7-23-10-18-9-19-23)20-16(24)15-6-13(21-22-15)8-25-14-4-2-3-12(17)5-14/h2-6,9-11H,7-8H2,1H3,(H,20,24)(H,21,22). The van der Waals surface area contributed by atoms with Crippen LogP contribution in [0, 0.1) is 5.82 Å². The van der Waals surface area contributed by atoms with Crippen LogP contribution in [0.5, 0.6) is 5.75 Å². The summed E-state index contributed by atoms with van der Waals surface area (Å²) in [5.41, 5.74) is 0.863. The first-order valence-corrected chi connectivity index (χ1v) is 7.66. The van der Waals surface area contributed by atoms with Crippen LogP contribution in [0.1, 0.15) is 23.1 Å². The van der Waals surface area contributed by atoms with Gasteiger partial charge in [-0.05, 0) is 25.1 Å². The smallest absolute Gasteiger partial charge is 0.272 e. The van der Waals surface area contributed by atoms with Crippen LogP contribution in [0.25, 0.3) is 0 Å². The molecule has 0 fully saturated rings. The maximum Gasteiger partial charge on any atom is 0.272 e. The van der Waals surface area contributed by atoms with Crippen LogP contribution in [-0.4, -0.2) is 36.9 Å². The van der Waals surface area contributed by atoms with Gasteiger partial charge in [-0.1, -0.05) is 6.07 Å². The number of benzene rings is 1. The Hall–Kier alpha value is -3.23. The summed E-state index contributed by atoms with van der Waals surface area (Å²) in [5, 5.41) is 13.5. The lowest BCUT2D eigenvalue weighted by Crippen LogP contribution is -2.36. The largest absolute Gasteiger partial charge is 0.487 e. The van der Waals surface area contributed by atoms with E-state index >= 15 is 0 Å². The number of H-pyrrole nitrogens is 1. The van der Waals surface area contributed by atoms with E-state index in [1.165, 1.54) is 18.5 Å². The highest BCUT2D eigenvalue weighted by molar-refractivity contribution is 5.92. The fourth-order valence-corrected chi connectivity index (χ4v) is 2.22. The van der Waals surface area contributed by atoms with E-state index in [0.29, 0.717) is 18.0 Å². The molecule has 0 aliphatic rings. The molecule has 1 aromatic carbocycles. The third-order valence-electron chi connectivity index (χ3n) is 3.36. The molecule has 8 nitrogen and oxygen atoms in total. The normalized spacial score (nSPS) is 11.9. The van der Waals surface area contributed by atoms with E-state index in [-0.39, 0.29) is 30.1 Å². The highest BCUT2D eigenvalue weighted by Gasteiger charge is 2.14. The van der Waals surface area contributed by atoms with Crippen molar-refractivity contribution in [1.82, 2.24) is 30.3 Å². The van der Waals surface area contributed by atoms with Crippen molar-refractivity contribution < 1.29 is 13.9 Å². The molecule has 0 saturated heterocycles. The van der Waals surface area contributed by atoms with Crippen molar-refractivity contribution in [3.8, 4) is 5.75 Å². The Morgan fingerprint density at radius 3 is 3.08 bits per heavy atom. The number of halogens is 1. The molecule has 1 unspecified atom stereocenters. The van der Waals surface area contributed by atoms with E-state index in [1.54, 1.807) is 29.2 Å². The molecule has 2 aromatic heterocycles. The lowest BCUT2D eigenvalue weighted by molar-refractivity contribution is 0.0931. The molecule has 3 aromatic rings. The molecule has 3 rings (SSSR count). The zero-order valence-electron chi connectivity index (χ0n) is 13.5. The Morgan fingerprint density at radius 2 is 2.32 bits per heavy atom. The Labute approximate surface area is 143 Å². The number of aromatic nitrogens is 5. The number of aromatic amines is 1. The molecule has 0 radical (unpaired) electrons. The van der Waals surface area contributed by atoms with Gasteiger partial charge in [-0.25, -0.2) is 9.37 Å². The van der Waals surface area contributed by atoms with Crippen LogP contribution in [0.3, 0.4) is 0 Å². The minimum atomic E-state index is -0.372. The zero-order chi connectivity index (χ0) is 17.6. The molecule has 0 saturated carbocycles. The average molecular weight is 344 g/mol. The molecule has 1 amide bonds. The number of amides is 1. The van der Waals surface area contributed by atoms with Crippen LogP contribution in [-0.2, 0) is 13.2 Å². The molecular weight excluding hydrogens is 327 g/mol. The number of hydrogen-bond acceptors (Lipinski definition) is 5. The van der Waals surface area contributed by atoms with E-state index in [0.717, 1.165) is 0 Å². The van der Waals surface area contributed by atoms with Crippen LogP contribution in [0.2, 0.25) is 0 Å². The summed E-state index contributed by atoms with van der Waals surface area (Å²) in [4.78, 5) is 16.0. The van der Waals surface area contributed by atoms with Crippen LogP contribution in [0.15, 0.2) is 43.0 Å². The maximum atomic E-state index is 13.1. The molecule has 0 bridgehead atoms. The van der Waals surface area contributed by atoms with Crippen LogP contribution < -0.4 is 10.1 Å². The molecule has 2 heterocycles. The second-order valence-corrected chi connectivity index (χ2v) is 5.52. The van der Waals surface area contributed by atoms with Gasteiger partial charge in [0.05, 0.1) is 12.2 Å². The fraction of sp³-hybridized carbons (Fsp3) is 0.250. The van der Waals surface area contributed by atoms with Crippen molar-refractivity contribution in [1.29, 1.82) is 0 Å². The molecule has 2 N–H and O–H groups in total. The first-order valence-electron chi connectivity index (χ1n) is 7.66. The Kier molecular flexibility index (Phi) is 5.03. The van der Waals surface area contributed by atoms with Gasteiger partial charge >= 0.3 is 0 Å². The lowest BCUT2D eigenvalue weighted by Gasteiger charge is -2.12. The number of rotatable bonds is 7. The van der Waals surface area contributed by atoms with Gasteiger partial charge in [-0.3, -0.25) is 14.6 Å². The molecule has 1 atom stereocenters. The lowest BCUT2D eigenvalue weighted by atomic mass is 10.3. The Balaban J connectivity index is 1.52. The summed E-state index contributed by atoms with van der Waals surface area (Å²) in [6.07, 6.45) is 3.02. The minimum absolute atomic E-state index is 0.141. The van der Waals surface area contributed by atoms with Gasteiger partial charge in [0.2, 0.25) is 0 Å². The van der Waals surface area contributed by atoms with Gasteiger partial charge in [-0.15, -0.1) is 0 Å². The monoisotopic (exact) mass is 344 g/mol. The third kappa shape index (κ3) is 4.63. The summed E-state index contributed by atoms with van der Waals surface area (Å²) in [6.45, 7) is 2.52. The van der Waals surface area contributed by atoms with Crippen LogP contribution in [0.4, 0.5) is 4.39 Å². The van der Waals surface area contributed by atoms with Crippen molar-refractivity contribution in [2.24, 2.45) is 0 Å². The second-order valence-electron chi connectivity index (χ2n) is 5.52.